The van der Waals surface area contributed by atoms with Gasteiger partial charge in [-0.1, -0.05) is 12.1 Å². The van der Waals surface area contributed by atoms with E-state index in [1.165, 1.54) is 6.07 Å². The minimum Gasteiger partial charge on any atom is -0.390 e. The second kappa shape index (κ2) is 7.27. The molecule has 1 aliphatic heterocycles. The number of carbonyl (C=O) groups is 1. The number of rotatable bonds is 8. The molecule has 1 saturated carbocycles. The lowest BCUT2D eigenvalue weighted by Crippen LogP contribution is -2.41. The van der Waals surface area contributed by atoms with Crippen molar-refractivity contribution in [3.05, 3.63) is 39.9 Å². The number of nitro benzene ring substituents is 1. The van der Waals surface area contributed by atoms with Gasteiger partial charge in [-0.15, -0.1) is 0 Å². The number of β-amino-alcohol motifs (C(OH)–C–C–N with tert-alkyl or cyclic N) is 1. The number of nitro groups is 1. The Morgan fingerprint density at radius 3 is 2.83 bits per heavy atom. The van der Waals surface area contributed by atoms with Gasteiger partial charge in [-0.3, -0.25) is 19.8 Å². The summed E-state index contributed by atoms with van der Waals surface area (Å²) in [6.07, 6.45) is 3.03. The first-order valence-corrected chi connectivity index (χ1v) is 8.46. The number of aliphatic hydroxyl groups is 1. The van der Waals surface area contributed by atoms with Gasteiger partial charge < -0.3 is 10.0 Å². The summed E-state index contributed by atoms with van der Waals surface area (Å²) in [4.78, 5) is 26.1. The highest BCUT2D eigenvalue weighted by molar-refractivity contribution is 5.78. The van der Waals surface area contributed by atoms with E-state index >= 15 is 0 Å². The van der Waals surface area contributed by atoms with Crippen molar-refractivity contribution in [2.45, 2.75) is 44.4 Å². The van der Waals surface area contributed by atoms with Gasteiger partial charge >= 0.3 is 0 Å². The van der Waals surface area contributed by atoms with Gasteiger partial charge in [0, 0.05) is 50.8 Å². The molecule has 1 N–H and O–H groups in total. The predicted molar refractivity (Wildman–Crippen MR) is 88.3 cm³/mol. The highest BCUT2D eigenvalue weighted by Gasteiger charge is 2.31. The molecule has 1 amide bonds. The van der Waals surface area contributed by atoms with Gasteiger partial charge in [0.25, 0.3) is 5.69 Å². The van der Waals surface area contributed by atoms with Crippen molar-refractivity contribution < 1.29 is 14.8 Å². The maximum atomic E-state index is 11.7. The van der Waals surface area contributed by atoms with Gasteiger partial charge in [0.15, 0.2) is 0 Å². The number of likely N-dealkylation sites (tertiary alicyclic amines) is 1. The Hall–Kier alpha value is -1.99. The lowest BCUT2D eigenvalue weighted by molar-refractivity contribution is -0.384. The molecule has 1 aromatic rings. The molecular weight excluding hydrogens is 310 g/mol. The Morgan fingerprint density at radius 2 is 2.21 bits per heavy atom. The topological polar surface area (TPSA) is 86.9 Å². The van der Waals surface area contributed by atoms with E-state index in [0.29, 0.717) is 32.1 Å². The Balaban J connectivity index is 1.59. The molecule has 2 aliphatic rings. The normalized spacial score (nSPS) is 19.1. The second-order valence-electron chi connectivity index (χ2n) is 6.68. The fourth-order valence-corrected chi connectivity index (χ4v) is 3.27. The second-order valence-corrected chi connectivity index (χ2v) is 6.68. The molecule has 130 valence electrons. The summed E-state index contributed by atoms with van der Waals surface area (Å²) in [5.74, 6) is 0.116. The van der Waals surface area contributed by atoms with Gasteiger partial charge in [0.1, 0.15) is 0 Å². The first kappa shape index (κ1) is 16.9. The number of non-ortho nitro benzene ring substituents is 1. The van der Waals surface area contributed by atoms with Crippen molar-refractivity contribution in [3.8, 4) is 0 Å². The number of nitrogens with zero attached hydrogens (tertiary/aromatic N) is 3. The van der Waals surface area contributed by atoms with Crippen LogP contribution in [0.15, 0.2) is 24.3 Å². The number of hydrogen-bond acceptors (Lipinski definition) is 5. The molecule has 1 atom stereocenters. The van der Waals surface area contributed by atoms with Crippen LogP contribution in [0, 0.1) is 10.1 Å². The predicted octanol–water partition coefficient (Wildman–Crippen LogP) is 1.54. The molecule has 2 fully saturated rings. The molecular formula is C17H23N3O4. The highest BCUT2D eigenvalue weighted by Crippen LogP contribution is 2.29. The fourth-order valence-electron chi connectivity index (χ4n) is 3.27. The van der Waals surface area contributed by atoms with E-state index in [9.17, 15) is 20.0 Å². The van der Waals surface area contributed by atoms with Crippen LogP contribution in [0.1, 0.15) is 31.2 Å². The van der Waals surface area contributed by atoms with E-state index < -0.39 is 11.0 Å². The Kier molecular flexibility index (Phi) is 5.11. The van der Waals surface area contributed by atoms with E-state index in [1.54, 1.807) is 17.0 Å². The smallest absolute Gasteiger partial charge is 0.269 e. The SMILES string of the molecule is O=C1CCCN1CC(O)CN(Cc1cccc([N+](=O)[O-])c1)C1CC1. The quantitative estimate of drug-likeness (QED) is 0.576. The van der Waals surface area contributed by atoms with Crippen LogP contribution in [-0.4, -0.2) is 57.5 Å². The van der Waals surface area contributed by atoms with Crippen LogP contribution in [-0.2, 0) is 11.3 Å². The molecule has 1 unspecified atom stereocenters. The summed E-state index contributed by atoms with van der Waals surface area (Å²) < 4.78 is 0. The number of benzene rings is 1. The molecule has 0 bridgehead atoms. The van der Waals surface area contributed by atoms with E-state index in [4.69, 9.17) is 0 Å². The highest BCUT2D eigenvalue weighted by atomic mass is 16.6. The standard InChI is InChI=1S/C17H23N3O4/c21-16(11-18-8-2-5-17(18)22)12-19(14-6-7-14)10-13-3-1-4-15(9-13)20(23)24/h1,3-4,9,14,16,21H,2,5-8,10-12H2. The van der Waals surface area contributed by atoms with Crippen LogP contribution in [0.5, 0.6) is 0 Å². The molecule has 1 saturated heterocycles. The molecule has 0 radical (unpaired) electrons. The Labute approximate surface area is 141 Å². The Bertz CT molecular complexity index is 618. The molecule has 0 aromatic heterocycles. The maximum absolute atomic E-state index is 11.7. The number of amides is 1. The lowest BCUT2D eigenvalue weighted by atomic mass is 10.1. The molecule has 3 rings (SSSR count). The van der Waals surface area contributed by atoms with Crippen LogP contribution < -0.4 is 0 Å². The molecule has 24 heavy (non-hydrogen) atoms. The largest absolute Gasteiger partial charge is 0.390 e. The third kappa shape index (κ3) is 4.30. The van der Waals surface area contributed by atoms with E-state index in [0.717, 1.165) is 31.4 Å². The zero-order valence-corrected chi connectivity index (χ0v) is 13.6. The van der Waals surface area contributed by atoms with Crippen molar-refractivity contribution >= 4 is 11.6 Å². The molecule has 7 nitrogen and oxygen atoms in total. The van der Waals surface area contributed by atoms with Gasteiger partial charge in [-0.2, -0.15) is 0 Å². The van der Waals surface area contributed by atoms with Crippen LogP contribution in [0.2, 0.25) is 0 Å². The van der Waals surface area contributed by atoms with Crippen LogP contribution in [0.4, 0.5) is 5.69 Å². The summed E-state index contributed by atoms with van der Waals surface area (Å²) >= 11 is 0. The third-order valence-electron chi connectivity index (χ3n) is 4.62. The third-order valence-corrected chi connectivity index (χ3v) is 4.62. The number of carbonyl (C=O) groups excluding carboxylic acids is 1. The monoisotopic (exact) mass is 333 g/mol. The number of hydrogen-bond donors (Lipinski definition) is 1. The first-order chi connectivity index (χ1) is 11.5. The zero-order valence-electron chi connectivity index (χ0n) is 13.6. The van der Waals surface area contributed by atoms with Crippen molar-refractivity contribution in [2.24, 2.45) is 0 Å². The Morgan fingerprint density at radius 1 is 1.42 bits per heavy atom. The minimum absolute atomic E-state index is 0.0893. The average molecular weight is 333 g/mol. The van der Waals surface area contributed by atoms with Crippen LogP contribution in [0.3, 0.4) is 0 Å². The van der Waals surface area contributed by atoms with Crippen LogP contribution >= 0.6 is 0 Å². The summed E-state index contributed by atoms with van der Waals surface area (Å²) in [6.45, 7) is 2.16. The van der Waals surface area contributed by atoms with Gasteiger partial charge in [0.05, 0.1) is 11.0 Å². The average Bonchev–Trinajstić information content (AvgIpc) is 3.32. The zero-order chi connectivity index (χ0) is 17.1. The fraction of sp³-hybridized carbons (Fsp3) is 0.588. The first-order valence-electron chi connectivity index (χ1n) is 8.46. The van der Waals surface area contributed by atoms with Gasteiger partial charge in [0.2, 0.25) is 5.91 Å². The van der Waals surface area contributed by atoms with Crippen molar-refractivity contribution in [3.63, 3.8) is 0 Å². The molecule has 1 aliphatic carbocycles. The molecule has 7 heteroatoms. The lowest BCUT2D eigenvalue weighted by Gasteiger charge is -2.27. The molecule has 1 heterocycles. The number of aliphatic hydroxyl groups excluding tert-OH is 1. The maximum Gasteiger partial charge on any atom is 0.269 e. The van der Waals surface area contributed by atoms with Crippen LogP contribution in [0.25, 0.3) is 0 Å². The van der Waals surface area contributed by atoms with Crippen molar-refractivity contribution in [1.82, 2.24) is 9.80 Å². The van der Waals surface area contributed by atoms with E-state index in [1.807, 2.05) is 6.07 Å². The summed E-state index contributed by atoms with van der Waals surface area (Å²) in [6, 6.07) is 7.06. The van der Waals surface area contributed by atoms with Gasteiger partial charge in [-0.25, -0.2) is 0 Å². The van der Waals surface area contributed by atoms with E-state index in [-0.39, 0.29) is 11.6 Å². The van der Waals surface area contributed by atoms with Gasteiger partial charge in [-0.05, 0) is 24.8 Å². The summed E-state index contributed by atoms with van der Waals surface area (Å²) in [7, 11) is 0. The van der Waals surface area contributed by atoms with Crippen molar-refractivity contribution in [2.75, 3.05) is 19.6 Å². The van der Waals surface area contributed by atoms with E-state index in [2.05, 4.69) is 4.90 Å². The summed E-state index contributed by atoms with van der Waals surface area (Å²) in [5.41, 5.74) is 0.965. The summed E-state index contributed by atoms with van der Waals surface area (Å²) in [5, 5.41) is 21.3. The molecule has 1 aromatic carbocycles. The van der Waals surface area contributed by atoms with Crippen molar-refractivity contribution in [1.29, 1.82) is 0 Å². The molecule has 0 spiro atoms. The minimum atomic E-state index is -0.591.